The van der Waals surface area contributed by atoms with E-state index in [-0.39, 0.29) is 37.4 Å². The summed E-state index contributed by atoms with van der Waals surface area (Å²) in [4.78, 5) is 189. The van der Waals surface area contributed by atoms with Gasteiger partial charge in [-0.15, -0.1) is 0 Å². The van der Waals surface area contributed by atoms with Gasteiger partial charge in [0.05, 0.1) is 44.2 Å². The lowest BCUT2D eigenvalue weighted by molar-refractivity contribution is -0.142. The number of nitrogens with one attached hydrogen (secondary N) is 12. The van der Waals surface area contributed by atoms with E-state index >= 15 is 0 Å². The van der Waals surface area contributed by atoms with Gasteiger partial charge in [-0.3, -0.25) is 62.3 Å². The van der Waals surface area contributed by atoms with E-state index in [1.165, 1.54) is 64.5 Å². The molecule has 0 saturated carbocycles. The number of nitrogens with zero attached hydrogens (tertiary/aromatic N) is 1. The molecule has 0 radical (unpaired) electrons. The Morgan fingerprint density at radius 2 is 1.04 bits per heavy atom. The van der Waals surface area contributed by atoms with Crippen molar-refractivity contribution in [3.8, 4) is 5.75 Å². The number of aromatic hydroxyl groups is 1. The fraction of sp³-hybridized carbons (Fsp3) is 0.582. The van der Waals surface area contributed by atoms with Crippen molar-refractivity contribution < 1.29 is 97.8 Å². The molecule has 0 saturated heterocycles. The van der Waals surface area contributed by atoms with E-state index in [1.54, 1.807) is 13.8 Å². The summed E-state index contributed by atoms with van der Waals surface area (Å²) < 4.78 is 0. The molecule has 0 unspecified atom stereocenters. The van der Waals surface area contributed by atoms with Crippen LogP contribution in [0.1, 0.15) is 97.7 Å². The maximum atomic E-state index is 14.2. The maximum Gasteiger partial charge on any atom is 0.326 e. The number of phenolic OH excluding ortho intramolecular Hbond substituents is 1. The normalized spacial score (nSPS) is 14.8. The summed E-state index contributed by atoms with van der Waals surface area (Å²) in [5, 5.41) is 84.3. The summed E-state index contributed by atoms with van der Waals surface area (Å²) in [5.74, 6) is -17.1. The number of carbonyl (C=O) groups excluding carboxylic acids is 11. The number of carboxylic acids is 3. The zero-order chi connectivity index (χ0) is 67.9. The molecule has 2 rings (SSSR count). The van der Waals surface area contributed by atoms with Gasteiger partial charge in [-0.05, 0) is 82.0 Å². The molecular formula is C55H85N15O20. The Kier molecular flexibility index (Phi) is 33.1. The number of aromatic nitrogens is 2. The minimum atomic E-state index is -1.93. The molecule has 11 atom stereocenters. The van der Waals surface area contributed by atoms with Crippen molar-refractivity contribution in [2.45, 2.75) is 166 Å². The zero-order valence-electron chi connectivity index (χ0n) is 50.7. The molecule has 0 aliphatic heterocycles. The van der Waals surface area contributed by atoms with Gasteiger partial charge < -0.3 is 106 Å². The van der Waals surface area contributed by atoms with Crippen LogP contribution in [0.15, 0.2) is 36.8 Å². The standard InChI is InChI=1S/C55H85N15O20/c1-26(2)17-36(49(83)62-28(5)45(79)61-29(6)46(80)65-35(55(89)90)9-7-8-16-56)66-50(84)37(18-30-10-12-32(73)13-11-30)67-52(86)39(23-71)68-53(87)40(24-72)69-54(88)44(27(3)4)70-51(85)38(20-43(77)78)63-41(74)22-59-48(82)34(14-15-42(75)76)64-47(81)33(57)19-31-21-58-25-60-31/h10-13,21,25-29,33-40,44,71-73H,7-9,14-20,22-24,56-57H2,1-6H3,(H,58,60)(H,59,82)(H,61,79)(H,62,83)(H,63,74)(H,64,81)(H,65,80)(H,66,84)(H,67,86)(H,68,87)(H,69,88)(H,70,85)(H,75,76)(H,77,78)(H,89,90)/t28-,29-,33-,34-,35-,36-,37-,38-,39-,40-,44-/m0/s1. The number of amides is 11. The maximum absolute atomic E-state index is 14.2. The van der Waals surface area contributed by atoms with Crippen LogP contribution in [0, 0.1) is 11.8 Å². The second kappa shape index (κ2) is 38.8. The highest BCUT2D eigenvalue weighted by Crippen LogP contribution is 2.14. The van der Waals surface area contributed by atoms with Crippen LogP contribution in [0.4, 0.5) is 0 Å². The van der Waals surface area contributed by atoms with Crippen LogP contribution in [-0.2, 0) is 80.0 Å². The Labute approximate surface area is 516 Å². The third-order valence-corrected chi connectivity index (χ3v) is 13.3. The van der Waals surface area contributed by atoms with Gasteiger partial charge in [0.15, 0.2) is 0 Å². The number of aliphatic carboxylic acids is 3. The van der Waals surface area contributed by atoms with Crippen LogP contribution in [0.25, 0.3) is 0 Å². The summed E-state index contributed by atoms with van der Waals surface area (Å²) in [6.07, 6.45) is 1.25. The molecule has 0 bridgehead atoms. The van der Waals surface area contributed by atoms with Crippen molar-refractivity contribution >= 4 is 82.9 Å². The van der Waals surface area contributed by atoms with Crippen molar-refractivity contribution in [3.63, 3.8) is 0 Å². The van der Waals surface area contributed by atoms with Crippen LogP contribution in [0.3, 0.4) is 0 Å². The first-order chi connectivity index (χ1) is 42.3. The Morgan fingerprint density at radius 3 is 1.57 bits per heavy atom. The fourth-order valence-corrected chi connectivity index (χ4v) is 8.32. The van der Waals surface area contributed by atoms with Crippen LogP contribution in [-0.4, -0.2) is 216 Å². The number of rotatable bonds is 41. The van der Waals surface area contributed by atoms with Crippen LogP contribution < -0.4 is 70.0 Å². The highest BCUT2D eigenvalue weighted by atomic mass is 16.4. The van der Waals surface area contributed by atoms with E-state index in [9.17, 15) is 97.8 Å². The van der Waals surface area contributed by atoms with Crippen molar-refractivity contribution in [2.24, 2.45) is 23.3 Å². The molecule has 22 N–H and O–H groups in total. The number of hydrogen-bond donors (Lipinski definition) is 20. The quantitative estimate of drug-likeness (QED) is 0.0275. The molecule has 11 amide bonds. The fourth-order valence-electron chi connectivity index (χ4n) is 8.32. The topological polar surface area (TPSA) is 573 Å². The Balaban J connectivity index is 2.23. The van der Waals surface area contributed by atoms with Crippen molar-refractivity contribution in [1.29, 1.82) is 0 Å². The van der Waals surface area contributed by atoms with Crippen LogP contribution in [0.5, 0.6) is 5.75 Å². The molecule has 35 nitrogen and oxygen atoms in total. The van der Waals surface area contributed by atoms with Gasteiger partial charge in [0.25, 0.3) is 0 Å². The number of aliphatic hydroxyl groups is 2. The lowest BCUT2D eigenvalue weighted by Crippen LogP contribution is -2.62. The molecule has 1 aromatic carbocycles. The zero-order valence-corrected chi connectivity index (χ0v) is 50.7. The highest BCUT2D eigenvalue weighted by molar-refractivity contribution is 5.99. The van der Waals surface area contributed by atoms with Gasteiger partial charge >= 0.3 is 17.9 Å². The number of carbonyl (C=O) groups is 14. The molecule has 0 spiro atoms. The third-order valence-electron chi connectivity index (χ3n) is 13.3. The summed E-state index contributed by atoms with van der Waals surface area (Å²) in [6, 6.07) is -11.6. The number of carboxylic acid groups (broad SMARTS) is 3. The van der Waals surface area contributed by atoms with E-state index in [0.29, 0.717) is 30.6 Å². The third kappa shape index (κ3) is 27.8. The molecule has 500 valence electrons. The van der Waals surface area contributed by atoms with Crippen molar-refractivity contribution in [3.05, 3.63) is 48.0 Å². The number of aromatic amines is 1. The lowest BCUT2D eigenvalue weighted by atomic mass is 10.0. The van der Waals surface area contributed by atoms with E-state index in [4.69, 9.17) is 11.5 Å². The Bertz CT molecular complexity index is 2790. The Morgan fingerprint density at radius 1 is 0.533 bits per heavy atom. The molecule has 1 heterocycles. The second-order valence-electron chi connectivity index (χ2n) is 21.8. The number of imidazole rings is 1. The second-order valence-corrected chi connectivity index (χ2v) is 21.8. The van der Waals surface area contributed by atoms with Crippen LogP contribution >= 0.6 is 0 Å². The first-order valence-electron chi connectivity index (χ1n) is 28.7. The van der Waals surface area contributed by atoms with Crippen molar-refractivity contribution in [2.75, 3.05) is 26.3 Å². The SMILES string of the molecule is CC(C)C[C@H](NC(=O)[C@H](Cc1ccc(O)cc1)NC(=O)[C@H](CO)NC(=O)[C@H](CO)NC(=O)[C@@H](NC(=O)[C@H](CC(=O)O)NC(=O)CNC(=O)[C@H](CCC(=O)O)NC(=O)[C@@H](N)Cc1c[nH]cn1)C(C)C)C(=O)N[C@@H](C)C(=O)N[C@@H](C)C(=O)N[C@@H](CCCCN)C(=O)O. The molecule has 0 aliphatic carbocycles. The number of nitrogens with two attached hydrogens (primary N) is 2. The number of phenols is 1. The lowest BCUT2D eigenvalue weighted by Gasteiger charge is -2.28. The summed E-state index contributed by atoms with van der Waals surface area (Å²) in [5.41, 5.74) is 12.2. The van der Waals surface area contributed by atoms with Gasteiger partial charge in [0.1, 0.15) is 66.2 Å². The van der Waals surface area contributed by atoms with E-state index in [2.05, 4.69) is 68.5 Å². The average molecular weight is 1280 g/mol. The molecule has 0 aliphatic rings. The van der Waals surface area contributed by atoms with E-state index < -0.39 is 194 Å². The number of aliphatic hydroxyl groups excluding tert-OH is 2. The molecular weight excluding hydrogens is 1190 g/mol. The van der Waals surface area contributed by atoms with E-state index in [1.807, 2.05) is 0 Å². The smallest absolute Gasteiger partial charge is 0.326 e. The largest absolute Gasteiger partial charge is 0.508 e. The van der Waals surface area contributed by atoms with E-state index in [0.717, 1.165) is 0 Å². The number of benzene rings is 1. The first kappa shape index (κ1) is 76.7. The monoisotopic (exact) mass is 1280 g/mol. The molecule has 2 aromatic rings. The van der Waals surface area contributed by atoms with Gasteiger partial charge in [-0.2, -0.15) is 0 Å². The number of unbranched alkanes of at least 4 members (excludes halogenated alkanes) is 1. The van der Waals surface area contributed by atoms with Crippen molar-refractivity contribution in [1.82, 2.24) is 68.5 Å². The minimum absolute atomic E-state index is 0.0346. The molecule has 90 heavy (non-hydrogen) atoms. The predicted molar refractivity (Wildman–Crippen MR) is 314 cm³/mol. The number of hydrogen-bond acceptors (Lipinski definition) is 20. The first-order valence-corrected chi connectivity index (χ1v) is 28.7. The average Bonchev–Trinajstić information content (AvgIpc) is 3.91. The van der Waals surface area contributed by atoms with Gasteiger partial charge in [0, 0.05) is 25.5 Å². The van der Waals surface area contributed by atoms with Crippen LogP contribution in [0.2, 0.25) is 0 Å². The minimum Gasteiger partial charge on any atom is -0.508 e. The molecule has 35 heteroatoms. The molecule has 0 fully saturated rings. The highest BCUT2D eigenvalue weighted by Gasteiger charge is 2.36. The molecule has 1 aromatic heterocycles. The van der Waals surface area contributed by atoms with Gasteiger partial charge in [-0.25, -0.2) is 9.78 Å². The van der Waals surface area contributed by atoms with Gasteiger partial charge in [0.2, 0.25) is 65.0 Å². The van der Waals surface area contributed by atoms with Gasteiger partial charge in [-0.1, -0.05) is 39.8 Å². The summed E-state index contributed by atoms with van der Waals surface area (Å²) in [7, 11) is 0. The summed E-state index contributed by atoms with van der Waals surface area (Å²) >= 11 is 0. The Hall–Kier alpha value is -9.35. The predicted octanol–water partition coefficient (Wildman–Crippen LogP) is -6.53. The summed E-state index contributed by atoms with van der Waals surface area (Å²) in [6.45, 7) is 5.89. The number of H-pyrrole nitrogens is 1.